The molecular formula is C18H22N2O. The van der Waals surface area contributed by atoms with Crippen LogP contribution in [0.2, 0.25) is 0 Å². The van der Waals surface area contributed by atoms with Crippen LogP contribution in [0.15, 0.2) is 42.5 Å². The zero-order chi connectivity index (χ0) is 15.4. The van der Waals surface area contributed by atoms with Crippen molar-refractivity contribution in [1.82, 2.24) is 5.32 Å². The maximum atomic E-state index is 12.1. The van der Waals surface area contributed by atoms with Crippen LogP contribution in [-0.4, -0.2) is 5.91 Å². The fraction of sp³-hybridized carbons (Fsp3) is 0.278. The van der Waals surface area contributed by atoms with Crippen molar-refractivity contribution in [3.8, 4) is 0 Å². The number of hydrogen-bond acceptors (Lipinski definition) is 2. The lowest BCUT2D eigenvalue weighted by Gasteiger charge is -2.09. The van der Waals surface area contributed by atoms with Crippen LogP contribution in [-0.2, 0) is 6.54 Å². The van der Waals surface area contributed by atoms with Gasteiger partial charge in [-0.25, -0.2) is 0 Å². The van der Waals surface area contributed by atoms with Gasteiger partial charge in [0.25, 0.3) is 5.91 Å². The smallest absolute Gasteiger partial charge is 0.251 e. The number of benzene rings is 2. The first-order valence-electron chi connectivity index (χ1n) is 7.20. The van der Waals surface area contributed by atoms with Gasteiger partial charge in [0.2, 0.25) is 0 Å². The lowest BCUT2D eigenvalue weighted by atomic mass is 10.0. The van der Waals surface area contributed by atoms with Gasteiger partial charge in [0, 0.05) is 17.8 Å². The van der Waals surface area contributed by atoms with E-state index in [-0.39, 0.29) is 5.91 Å². The Labute approximate surface area is 126 Å². The highest BCUT2D eigenvalue weighted by atomic mass is 16.1. The van der Waals surface area contributed by atoms with Crippen LogP contribution < -0.4 is 11.1 Å². The predicted molar refractivity (Wildman–Crippen MR) is 87.3 cm³/mol. The van der Waals surface area contributed by atoms with Gasteiger partial charge in [-0.15, -0.1) is 0 Å². The zero-order valence-electron chi connectivity index (χ0n) is 12.8. The standard InChI is InChI=1S/C18H22N2O/c1-12(2)15-8-5-14(6-9-15)11-20-18(21)16-7-4-13(3)17(19)10-16/h4-10,12H,11,19H2,1-3H3,(H,20,21). The Morgan fingerprint density at radius 3 is 2.38 bits per heavy atom. The van der Waals surface area contributed by atoms with E-state index in [2.05, 4.69) is 43.4 Å². The fourth-order valence-corrected chi connectivity index (χ4v) is 2.09. The van der Waals surface area contributed by atoms with Crippen LogP contribution in [0.1, 0.15) is 46.8 Å². The van der Waals surface area contributed by atoms with Crippen molar-refractivity contribution in [2.45, 2.75) is 33.2 Å². The Morgan fingerprint density at radius 2 is 1.81 bits per heavy atom. The highest BCUT2D eigenvalue weighted by Gasteiger charge is 2.07. The van der Waals surface area contributed by atoms with Crippen molar-refractivity contribution in [3.05, 3.63) is 64.7 Å². The molecular weight excluding hydrogens is 260 g/mol. The molecule has 0 saturated carbocycles. The lowest BCUT2D eigenvalue weighted by Crippen LogP contribution is -2.22. The molecule has 0 unspecified atom stereocenters. The van der Waals surface area contributed by atoms with Crippen molar-refractivity contribution in [2.75, 3.05) is 5.73 Å². The van der Waals surface area contributed by atoms with E-state index in [1.807, 2.05) is 13.0 Å². The third-order valence-electron chi connectivity index (χ3n) is 3.64. The van der Waals surface area contributed by atoms with E-state index in [9.17, 15) is 4.79 Å². The topological polar surface area (TPSA) is 55.1 Å². The highest BCUT2D eigenvalue weighted by Crippen LogP contribution is 2.15. The summed E-state index contributed by atoms with van der Waals surface area (Å²) in [6, 6.07) is 13.7. The van der Waals surface area contributed by atoms with Crippen molar-refractivity contribution < 1.29 is 4.79 Å². The summed E-state index contributed by atoms with van der Waals surface area (Å²) in [6.45, 7) is 6.77. The van der Waals surface area contributed by atoms with E-state index >= 15 is 0 Å². The van der Waals surface area contributed by atoms with E-state index in [4.69, 9.17) is 5.73 Å². The molecule has 0 spiro atoms. The van der Waals surface area contributed by atoms with Gasteiger partial charge in [-0.1, -0.05) is 44.2 Å². The zero-order valence-corrected chi connectivity index (χ0v) is 12.8. The van der Waals surface area contributed by atoms with E-state index in [0.717, 1.165) is 11.1 Å². The summed E-state index contributed by atoms with van der Waals surface area (Å²) in [5.74, 6) is 0.416. The van der Waals surface area contributed by atoms with Gasteiger partial charge in [-0.05, 0) is 41.7 Å². The van der Waals surface area contributed by atoms with Crippen LogP contribution in [0, 0.1) is 6.92 Å². The van der Waals surface area contributed by atoms with Crippen molar-refractivity contribution in [2.24, 2.45) is 0 Å². The van der Waals surface area contributed by atoms with E-state index in [0.29, 0.717) is 23.7 Å². The first-order chi connectivity index (χ1) is 9.97. The number of nitrogens with one attached hydrogen (secondary N) is 1. The minimum absolute atomic E-state index is 0.102. The van der Waals surface area contributed by atoms with Gasteiger partial charge in [-0.2, -0.15) is 0 Å². The second-order valence-corrected chi connectivity index (χ2v) is 5.65. The molecule has 0 heterocycles. The Bertz CT molecular complexity index is 630. The summed E-state index contributed by atoms with van der Waals surface area (Å²) in [7, 11) is 0. The van der Waals surface area contributed by atoms with E-state index in [1.165, 1.54) is 5.56 Å². The van der Waals surface area contributed by atoms with Crippen LogP contribution >= 0.6 is 0 Å². The number of aryl methyl sites for hydroxylation is 1. The lowest BCUT2D eigenvalue weighted by molar-refractivity contribution is 0.0951. The highest BCUT2D eigenvalue weighted by molar-refractivity contribution is 5.95. The number of amides is 1. The van der Waals surface area contributed by atoms with Gasteiger partial charge in [-0.3, -0.25) is 4.79 Å². The number of carbonyl (C=O) groups excluding carboxylic acids is 1. The summed E-state index contributed by atoms with van der Waals surface area (Å²) in [5.41, 5.74) is 10.4. The molecule has 0 atom stereocenters. The molecule has 0 saturated heterocycles. The summed E-state index contributed by atoms with van der Waals surface area (Å²) in [6.07, 6.45) is 0. The molecule has 2 aromatic rings. The third-order valence-corrected chi connectivity index (χ3v) is 3.64. The van der Waals surface area contributed by atoms with Gasteiger partial charge in [0.05, 0.1) is 0 Å². The average molecular weight is 282 g/mol. The average Bonchev–Trinajstić information content (AvgIpc) is 2.48. The molecule has 3 heteroatoms. The molecule has 21 heavy (non-hydrogen) atoms. The van der Waals surface area contributed by atoms with Crippen LogP contribution in [0.25, 0.3) is 0 Å². The molecule has 3 nitrogen and oxygen atoms in total. The summed E-state index contributed by atoms with van der Waals surface area (Å²) < 4.78 is 0. The van der Waals surface area contributed by atoms with Gasteiger partial charge >= 0.3 is 0 Å². The molecule has 0 aliphatic rings. The maximum Gasteiger partial charge on any atom is 0.251 e. The van der Waals surface area contributed by atoms with Gasteiger partial charge < -0.3 is 11.1 Å². The Morgan fingerprint density at radius 1 is 1.14 bits per heavy atom. The Balaban J connectivity index is 1.98. The fourth-order valence-electron chi connectivity index (χ4n) is 2.09. The van der Waals surface area contributed by atoms with Crippen molar-refractivity contribution in [1.29, 1.82) is 0 Å². The maximum absolute atomic E-state index is 12.1. The predicted octanol–water partition coefficient (Wildman–Crippen LogP) is 3.63. The number of carbonyl (C=O) groups is 1. The third kappa shape index (κ3) is 3.85. The first-order valence-corrected chi connectivity index (χ1v) is 7.20. The summed E-state index contributed by atoms with van der Waals surface area (Å²) in [5, 5.41) is 2.92. The number of anilines is 1. The molecule has 0 radical (unpaired) electrons. The Hall–Kier alpha value is -2.29. The number of rotatable bonds is 4. The van der Waals surface area contributed by atoms with E-state index in [1.54, 1.807) is 12.1 Å². The molecule has 0 aromatic heterocycles. The molecule has 1 amide bonds. The normalized spacial score (nSPS) is 10.7. The van der Waals surface area contributed by atoms with Gasteiger partial charge in [0.1, 0.15) is 0 Å². The number of nitrogens with two attached hydrogens (primary N) is 1. The SMILES string of the molecule is Cc1ccc(C(=O)NCc2ccc(C(C)C)cc2)cc1N. The molecule has 0 fully saturated rings. The first kappa shape index (κ1) is 15.1. The molecule has 2 aromatic carbocycles. The quantitative estimate of drug-likeness (QED) is 0.841. The Kier molecular flexibility index (Phi) is 4.63. The molecule has 0 bridgehead atoms. The van der Waals surface area contributed by atoms with Gasteiger partial charge in [0.15, 0.2) is 0 Å². The second-order valence-electron chi connectivity index (χ2n) is 5.65. The molecule has 2 rings (SSSR count). The molecule has 3 N–H and O–H groups in total. The second kappa shape index (κ2) is 6.44. The van der Waals surface area contributed by atoms with E-state index < -0.39 is 0 Å². The molecule has 0 aliphatic carbocycles. The summed E-state index contributed by atoms with van der Waals surface area (Å²) >= 11 is 0. The monoisotopic (exact) mass is 282 g/mol. The van der Waals surface area contributed by atoms with Crippen molar-refractivity contribution in [3.63, 3.8) is 0 Å². The molecule has 0 aliphatic heterocycles. The minimum Gasteiger partial charge on any atom is -0.398 e. The number of hydrogen-bond donors (Lipinski definition) is 2. The van der Waals surface area contributed by atoms with Crippen molar-refractivity contribution >= 4 is 11.6 Å². The summed E-state index contributed by atoms with van der Waals surface area (Å²) in [4.78, 5) is 12.1. The minimum atomic E-state index is -0.102. The largest absolute Gasteiger partial charge is 0.398 e. The number of nitrogen functional groups attached to an aromatic ring is 1. The van der Waals surface area contributed by atoms with Crippen LogP contribution in [0.5, 0.6) is 0 Å². The van der Waals surface area contributed by atoms with Crippen LogP contribution in [0.3, 0.4) is 0 Å². The van der Waals surface area contributed by atoms with Crippen LogP contribution in [0.4, 0.5) is 5.69 Å². The molecule has 110 valence electrons.